The van der Waals surface area contributed by atoms with Crippen LogP contribution in [0, 0.1) is 0 Å². The molecule has 1 amide bonds. The first-order valence-corrected chi connectivity index (χ1v) is 14.0. The Bertz CT molecular complexity index is 1840. The van der Waals surface area contributed by atoms with E-state index in [1.54, 1.807) is 17.8 Å². The van der Waals surface area contributed by atoms with E-state index in [1.807, 2.05) is 134 Å². The van der Waals surface area contributed by atoms with Gasteiger partial charge in [0.1, 0.15) is 23.8 Å². The van der Waals surface area contributed by atoms with E-state index in [0.29, 0.717) is 12.4 Å². The number of aromatic nitrogens is 2. The third-order valence-electron chi connectivity index (χ3n) is 6.94. The first-order valence-electron chi connectivity index (χ1n) is 14.0. The number of nitrogens with one attached hydrogen (secondary N) is 1. The van der Waals surface area contributed by atoms with Crippen molar-refractivity contribution in [1.29, 1.82) is 0 Å². The SMILES string of the molecule is C[C@@H](Oc1cccc2ccccc12)C(=O)N/N=C\c1cn(-c2ccccc2)nc1-c1ccc(OCc2ccccc2)cc1. The maximum atomic E-state index is 12.9. The summed E-state index contributed by atoms with van der Waals surface area (Å²) in [5.74, 6) is 1.05. The minimum absolute atomic E-state index is 0.360. The molecule has 1 heterocycles. The van der Waals surface area contributed by atoms with E-state index in [0.717, 1.165) is 44.6 Å². The fraction of sp³-hybridized carbons (Fsp3) is 0.0833. The molecule has 212 valence electrons. The lowest BCUT2D eigenvalue weighted by Gasteiger charge is -2.14. The molecule has 0 aliphatic heterocycles. The number of carbonyl (C=O) groups excluding carboxylic acids is 1. The normalized spacial score (nSPS) is 11.8. The van der Waals surface area contributed by atoms with E-state index in [-0.39, 0.29) is 5.91 Å². The fourth-order valence-corrected chi connectivity index (χ4v) is 4.67. The van der Waals surface area contributed by atoms with Crippen LogP contribution < -0.4 is 14.9 Å². The van der Waals surface area contributed by atoms with Crippen LogP contribution in [0.5, 0.6) is 11.5 Å². The van der Waals surface area contributed by atoms with E-state index in [2.05, 4.69) is 10.5 Å². The quantitative estimate of drug-likeness (QED) is 0.141. The van der Waals surface area contributed by atoms with Crippen molar-refractivity contribution in [3.63, 3.8) is 0 Å². The number of benzene rings is 5. The second-order valence-electron chi connectivity index (χ2n) is 9.98. The summed E-state index contributed by atoms with van der Waals surface area (Å²) in [5.41, 5.74) is 6.98. The van der Waals surface area contributed by atoms with Gasteiger partial charge in [-0.1, -0.05) is 84.9 Å². The monoisotopic (exact) mass is 566 g/mol. The topological polar surface area (TPSA) is 77.7 Å². The number of fused-ring (bicyclic) bond motifs is 1. The van der Waals surface area contributed by atoms with Crippen molar-refractivity contribution in [3.8, 4) is 28.4 Å². The summed E-state index contributed by atoms with van der Waals surface area (Å²) >= 11 is 0. The van der Waals surface area contributed by atoms with Crippen molar-refractivity contribution in [2.75, 3.05) is 0 Å². The van der Waals surface area contributed by atoms with Crippen molar-refractivity contribution in [1.82, 2.24) is 15.2 Å². The summed E-state index contributed by atoms with van der Waals surface area (Å²) in [6.45, 7) is 2.19. The molecule has 0 bridgehead atoms. The van der Waals surface area contributed by atoms with E-state index < -0.39 is 6.10 Å². The number of amides is 1. The maximum Gasteiger partial charge on any atom is 0.280 e. The predicted octanol–water partition coefficient (Wildman–Crippen LogP) is 7.19. The number of carbonyl (C=O) groups is 1. The van der Waals surface area contributed by atoms with Crippen molar-refractivity contribution in [2.24, 2.45) is 5.10 Å². The molecule has 7 heteroatoms. The number of rotatable bonds is 10. The Labute approximate surface area is 250 Å². The van der Waals surface area contributed by atoms with Gasteiger partial charge in [0.2, 0.25) is 0 Å². The van der Waals surface area contributed by atoms with Gasteiger partial charge in [0, 0.05) is 22.7 Å². The average Bonchev–Trinajstić information content (AvgIpc) is 3.49. The molecule has 0 aliphatic carbocycles. The highest BCUT2D eigenvalue weighted by molar-refractivity contribution is 5.91. The van der Waals surface area contributed by atoms with Gasteiger partial charge in [-0.3, -0.25) is 4.79 Å². The molecule has 6 aromatic rings. The van der Waals surface area contributed by atoms with Crippen molar-refractivity contribution >= 4 is 22.9 Å². The summed E-state index contributed by atoms with van der Waals surface area (Å²) in [4.78, 5) is 12.9. The van der Waals surface area contributed by atoms with Crippen LogP contribution in [0.2, 0.25) is 0 Å². The number of nitrogens with zero attached hydrogens (tertiary/aromatic N) is 3. The summed E-state index contributed by atoms with van der Waals surface area (Å²) < 4.78 is 13.7. The number of ether oxygens (including phenoxy) is 2. The zero-order chi connectivity index (χ0) is 29.4. The molecule has 0 unspecified atom stereocenters. The first-order chi connectivity index (χ1) is 21.1. The molecule has 0 saturated heterocycles. The molecular weight excluding hydrogens is 536 g/mol. The van der Waals surface area contributed by atoms with E-state index in [1.165, 1.54) is 0 Å². The largest absolute Gasteiger partial charge is 0.489 e. The van der Waals surface area contributed by atoms with E-state index >= 15 is 0 Å². The molecule has 0 aliphatic rings. The van der Waals surface area contributed by atoms with E-state index in [4.69, 9.17) is 14.6 Å². The lowest BCUT2D eigenvalue weighted by atomic mass is 10.1. The van der Waals surface area contributed by atoms with Crippen molar-refractivity contribution in [2.45, 2.75) is 19.6 Å². The Morgan fingerprint density at radius 1 is 0.860 bits per heavy atom. The molecule has 6 rings (SSSR count). The lowest BCUT2D eigenvalue weighted by molar-refractivity contribution is -0.127. The van der Waals surface area contributed by atoms with Gasteiger partial charge in [-0.25, -0.2) is 10.1 Å². The highest BCUT2D eigenvalue weighted by atomic mass is 16.5. The highest BCUT2D eigenvalue weighted by Gasteiger charge is 2.16. The Hall–Kier alpha value is -5.69. The average molecular weight is 567 g/mol. The Balaban J connectivity index is 1.18. The van der Waals surface area contributed by atoms with Crippen LogP contribution in [-0.2, 0) is 11.4 Å². The van der Waals surface area contributed by atoms with Gasteiger partial charge in [0.25, 0.3) is 5.91 Å². The van der Waals surface area contributed by atoms with Crippen LogP contribution in [0.25, 0.3) is 27.7 Å². The van der Waals surface area contributed by atoms with Crippen LogP contribution in [0.15, 0.2) is 139 Å². The summed E-state index contributed by atoms with van der Waals surface area (Å²) in [6.07, 6.45) is 2.73. The summed E-state index contributed by atoms with van der Waals surface area (Å²) in [6, 6.07) is 41.3. The molecule has 43 heavy (non-hydrogen) atoms. The molecule has 1 atom stereocenters. The minimum atomic E-state index is -0.752. The van der Waals surface area contributed by atoms with Gasteiger partial charge in [-0.15, -0.1) is 0 Å². The molecule has 1 aromatic heterocycles. The number of hydrogen-bond donors (Lipinski definition) is 1. The van der Waals surface area contributed by atoms with Crippen LogP contribution in [0.3, 0.4) is 0 Å². The fourth-order valence-electron chi connectivity index (χ4n) is 4.67. The van der Waals surface area contributed by atoms with Crippen LogP contribution in [-0.4, -0.2) is 28.0 Å². The molecule has 5 aromatic carbocycles. The third-order valence-corrected chi connectivity index (χ3v) is 6.94. The number of hydrogen-bond acceptors (Lipinski definition) is 5. The zero-order valence-corrected chi connectivity index (χ0v) is 23.6. The molecule has 0 radical (unpaired) electrons. The first kappa shape index (κ1) is 27.5. The van der Waals surface area contributed by atoms with Gasteiger partial charge < -0.3 is 9.47 Å². The summed E-state index contributed by atoms with van der Waals surface area (Å²) in [5, 5.41) is 11.1. The van der Waals surface area contributed by atoms with Crippen molar-refractivity contribution in [3.05, 3.63) is 145 Å². The molecule has 0 saturated carbocycles. The second-order valence-corrected chi connectivity index (χ2v) is 9.98. The lowest BCUT2D eigenvalue weighted by Crippen LogP contribution is -2.33. The minimum Gasteiger partial charge on any atom is -0.489 e. The summed E-state index contributed by atoms with van der Waals surface area (Å²) in [7, 11) is 0. The van der Waals surface area contributed by atoms with Crippen molar-refractivity contribution < 1.29 is 14.3 Å². The number of hydrazone groups is 1. The number of para-hydroxylation sites is 1. The van der Waals surface area contributed by atoms with Crippen LogP contribution in [0.4, 0.5) is 0 Å². The maximum absolute atomic E-state index is 12.9. The Morgan fingerprint density at radius 3 is 2.35 bits per heavy atom. The highest BCUT2D eigenvalue weighted by Crippen LogP contribution is 2.27. The Morgan fingerprint density at radius 2 is 1.56 bits per heavy atom. The Kier molecular flexibility index (Phi) is 8.22. The van der Waals surface area contributed by atoms with Gasteiger partial charge in [0.05, 0.1) is 11.9 Å². The predicted molar refractivity (Wildman–Crippen MR) is 170 cm³/mol. The van der Waals surface area contributed by atoms with Gasteiger partial charge in [-0.05, 0) is 60.3 Å². The standard InChI is InChI=1S/C36H30N4O3/c1-26(43-34-18-10-14-28-13-8-9-17-33(28)34)36(41)38-37-23-30-24-40(31-15-6-3-7-16-31)39-35(30)29-19-21-32(22-20-29)42-25-27-11-4-2-5-12-27/h2-24,26H,25H2,1H3,(H,38,41)/b37-23-/t26-/m1/s1. The molecule has 1 N–H and O–H groups in total. The van der Waals surface area contributed by atoms with Gasteiger partial charge in [-0.2, -0.15) is 10.2 Å². The molecular formula is C36H30N4O3. The van der Waals surface area contributed by atoms with Gasteiger partial charge in [0.15, 0.2) is 6.10 Å². The zero-order valence-electron chi connectivity index (χ0n) is 23.6. The van der Waals surface area contributed by atoms with Crippen LogP contribution in [0.1, 0.15) is 18.1 Å². The molecule has 7 nitrogen and oxygen atoms in total. The smallest absolute Gasteiger partial charge is 0.280 e. The molecule has 0 fully saturated rings. The second kappa shape index (κ2) is 12.9. The van der Waals surface area contributed by atoms with Gasteiger partial charge >= 0.3 is 0 Å². The molecule has 0 spiro atoms. The van der Waals surface area contributed by atoms with Crippen LogP contribution >= 0.6 is 0 Å². The van der Waals surface area contributed by atoms with E-state index in [9.17, 15) is 4.79 Å². The third kappa shape index (κ3) is 6.63.